The fraction of sp³-hybridized carbons (Fsp3) is 0.250. The van der Waals surface area contributed by atoms with E-state index >= 15 is 0 Å². The highest BCUT2D eigenvalue weighted by atomic mass is 79.9. The summed E-state index contributed by atoms with van der Waals surface area (Å²) in [5.74, 6) is 0.520. The Balaban J connectivity index is 1.79. The van der Waals surface area contributed by atoms with E-state index < -0.39 is 12.7 Å². The van der Waals surface area contributed by atoms with Gasteiger partial charge in [0.2, 0.25) is 5.82 Å². The van der Waals surface area contributed by atoms with E-state index in [-0.39, 0.29) is 12.4 Å². The number of alkyl halides is 3. The Morgan fingerprint density at radius 3 is 2.78 bits per heavy atom. The molecule has 0 atom stereocenters. The summed E-state index contributed by atoms with van der Waals surface area (Å²) >= 11 is 3.29. The number of hydrogen-bond donors (Lipinski definition) is 0. The molecular weight excluding hydrogens is 379 g/mol. The molecule has 0 saturated heterocycles. The van der Waals surface area contributed by atoms with Gasteiger partial charge >= 0.3 is 6.18 Å². The monoisotopic (exact) mass is 387 g/mol. The maximum atomic E-state index is 12.5. The van der Waals surface area contributed by atoms with E-state index in [1.54, 1.807) is 18.5 Å². The lowest BCUT2D eigenvalue weighted by Gasteiger charge is -2.09. The number of pyridine rings is 1. The molecule has 0 N–H and O–H groups in total. The third-order valence-electron chi connectivity index (χ3n) is 2.85. The van der Waals surface area contributed by atoms with Gasteiger partial charge in [-0.15, -0.1) is 10.2 Å². The highest BCUT2D eigenvalue weighted by molar-refractivity contribution is 9.10. The molecule has 7 nitrogen and oxygen atoms in total. The van der Waals surface area contributed by atoms with E-state index in [4.69, 9.17) is 0 Å². The topological polar surface area (TPSA) is 74.3 Å². The lowest BCUT2D eigenvalue weighted by atomic mass is 10.3. The molecule has 3 aromatic rings. The fourth-order valence-electron chi connectivity index (χ4n) is 1.92. The Morgan fingerprint density at radius 2 is 2.04 bits per heavy atom. The van der Waals surface area contributed by atoms with Gasteiger partial charge < -0.3 is 4.57 Å². The smallest absolute Gasteiger partial charge is 0.324 e. The molecule has 0 unspecified atom stereocenters. The Kier molecular flexibility index (Phi) is 4.11. The quantitative estimate of drug-likeness (QED) is 0.686. The molecule has 0 spiro atoms. The highest BCUT2D eigenvalue weighted by Gasteiger charge is 2.28. The molecular formula is C12H9BrF3N7. The largest absolute Gasteiger partial charge is 0.406 e. The average Bonchev–Trinajstić information content (AvgIpc) is 3.08. The van der Waals surface area contributed by atoms with Gasteiger partial charge in [-0.2, -0.15) is 18.0 Å². The second kappa shape index (κ2) is 6.07. The van der Waals surface area contributed by atoms with E-state index in [1.807, 2.05) is 0 Å². The average molecular weight is 388 g/mol. The predicted octanol–water partition coefficient (Wildman–Crippen LogP) is 2.30. The molecule has 0 aliphatic carbocycles. The number of halogens is 4. The van der Waals surface area contributed by atoms with Crippen molar-refractivity contribution in [3.63, 3.8) is 0 Å². The molecule has 0 aliphatic heterocycles. The van der Waals surface area contributed by atoms with Crippen LogP contribution in [0.25, 0.3) is 11.4 Å². The molecule has 23 heavy (non-hydrogen) atoms. The number of imidazole rings is 1. The summed E-state index contributed by atoms with van der Waals surface area (Å²) in [6, 6.07) is 1.76. The number of rotatable bonds is 4. The summed E-state index contributed by atoms with van der Waals surface area (Å²) in [5, 5.41) is 11.8. The summed E-state index contributed by atoms with van der Waals surface area (Å²) in [5.41, 5.74) is 0.643. The van der Waals surface area contributed by atoms with Gasteiger partial charge in [0, 0.05) is 34.8 Å². The molecule has 0 bridgehead atoms. The summed E-state index contributed by atoms with van der Waals surface area (Å²) < 4.78 is 39.2. The first-order valence-electron chi connectivity index (χ1n) is 6.36. The van der Waals surface area contributed by atoms with E-state index in [0.29, 0.717) is 11.4 Å². The second-order valence-electron chi connectivity index (χ2n) is 4.62. The first kappa shape index (κ1) is 15.6. The van der Waals surface area contributed by atoms with Crippen molar-refractivity contribution >= 4 is 15.9 Å². The lowest BCUT2D eigenvalue weighted by Crippen LogP contribution is -2.20. The third-order valence-corrected chi connectivity index (χ3v) is 3.28. The van der Waals surface area contributed by atoms with Crippen LogP contribution in [0.4, 0.5) is 13.2 Å². The van der Waals surface area contributed by atoms with Gasteiger partial charge in [-0.25, -0.2) is 4.98 Å². The minimum Gasteiger partial charge on any atom is -0.324 e. The van der Waals surface area contributed by atoms with Crippen LogP contribution in [0.1, 0.15) is 5.82 Å². The Morgan fingerprint density at radius 1 is 1.22 bits per heavy atom. The van der Waals surface area contributed by atoms with Crippen LogP contribution in [0.2, 0.25) is 0 Å². The standard InChI is InChI=1S/C12H9BrF3N7/c13-9-3-8(4-17-5-9)11-19-21-23(20-11)6-10-18-1-2-22(10)7-12(14,15)16/h1-5H,6-7H2. The van der Waals surface area contributed by atoms with Gasteiger partial charge in [0.25, 0.3) is 0 Å². The van der Waals surface area contributed by atoms with Crippen LogP contribution in [0.15, 0.2) is 35.3 Å². The minimum atomic E-state index is -4.32. The molecule has 3 heterocycles. The van der Waals surface area contributed by atoms with Gasteiger partial charge in [-0.1, -0.05) is 0 Å². The van der Waals surface area contributed by atoms with Crippen molar-refractivity contribution in [2.75, 3.05) is 0 Å². The highest BCUT2D eigenvalue weighted by Crippen LogP contribution is 2.19. The van der Waals surface area contributed by atoms with Crippen LogP contribution in [0.3, 0.4) is 0 Å². The summed E-state index contributed by atoms with van der Waals surface area (Å²) in [6.07, 6.45) is 1.42. The van der Waals surface area contributed by atoms with E-state index in [0.717, 1.165) is 9.04 Å². The van der Waals surface area contributed by atoms with Crippen molar-refractivity contribution in [2.24, 2.45) is 0 Å². The molecule has 3 rings (SSSR count). The molecule has 0 aromatic carbocycles. The summed E-state index contributed by atoms with van der Waals surface area (Å²) in [4.78, 5) is 9.09. The molecule has 0 amide bonds. The normalized spacial score (nSPS) is 11.8. The molecule has 0 aliphatic rings. The molecule has 0 saturated carbocycles. The van der Waals surface area contributed by atoms with Crippen molar-refractivity contribution in [2.45, 2.75) is 19.3 Å². The second-order valence-corrected chi connectivity index (χ2v) is 5.54. The van der Waals surface area contributed by atoms with Crippen molar-refractivity contribution in [1.82, 2.24) is 34.7 Å². The number of nitrogens with zero attached hydrogens (tertiary/aromatic N) is 7. The van der Waals surface area contributed by atoms with Crippen LogP contribution in [-0.2, 0) is 13.1 Å². The zero-order valence-electron chi connectivity index (χ0n) is 11.4. The van der Waals surface area contributed by atoms with Crippen LogP contribution in [0.5, 0.6) is 0 Å². The number of tetrazole rings is 1. The van der Waals surface area contributed by atoms with Crippen molar-refractivity contribution < 1.29 is 13.2 Å². The van der Waals surface area contributed by atoms with Gasteiger partial charge in [-0.05, 0) is 27.2 Å². The Labute approximate surface area is 136 Å². The third kappa shape index (κ3) is 3.92. The van der Waals surface area contributed by atoms with Gasteiger partial charge in [0.15, 0.2) is 0 Å². The van der Waals surface area contributed by atoms with Crippen LogP contribution in [-0.4, -0.2) is 40.9 Å². The zero-order valence-corrected chi connectivity index (χ0v) is 13.0. The number of hydrogen-bond acceptors (Lipinski definition) is 5. The predicted molar refractivity (Wildman–Crippen MR) is 76.1 cm³/mol. The van der Waals surface area contributed by atoms with Gasteiger partial charge in [0.1, 0.15) is 18.9 Å². The molecule has 0 radical (unpaired) electrons. The summed E-state index contributed by atoms with van der Waals surface area (Å²) in [7, 11) is 0. The molecule has 0 fully saturated rings. The SMILES string of the molecule is FC(F)(F)Cn1ccnc1Cn1nnc(-c2cncc(Br)c2)n1. The lowest BCUT2D eigenvalue weighted by molar-refractivity contribution is -0.141. The molecule has 120 valence electrons. The zero-order chi connectivity index (χ0) is 16.4. The van der Waals surface area contributed by atoms with Crippen LogP contribution < -0.4 is 0 Å². The van der Waals surface area contributed by atoms with E-state index in [1.165, 1.54) is 17.2 Å². The maximum Gasteiger partial charge on any atom is 0.406 e. The van der Waals surface area contributed by atoms with Crippen molar-refractivity contribution in [1.29, 1.82) is 0 Å². The Hall–Kier alpha value is -2.30. The van der Waals surface area contributed by atoms with Crippen LogP contribution in [0, 0.1) is 0 Å². The fourth-order valence-corrected chi connectivity index (χ4v) is 2.28. The van der Waals surface area contributed by atoms with Gasteiger partial charge in [0.05, 0.1) is 0 Å². The number of aromatic nitrogens is 7. The van der Waals surface area contributed by atoms with Crippen molar-refractivity contribution in [3.05, 3.63) is 41.2 Å². The maximum absolute atomic E-state index is 12.5. The van der Waals surface area contributed by atoms with Crippen molar-refractivity contribution in [3.8, 4) is 11.4 Å². The molecule has 11 heteroatoms. The van der Waals surface area contributed by atoms with Crippen LogP contribution >= 0.6 is 15.9 Å². The Bertz CT molecular complexity index is 811. The first-order valence-corrected chi connectivity index (χ1v) is 7.15. The summed E-state index contributed by atoms with van der Waals surface area (Å²) in [6.45, 7) is -1.13. The van der Waals surface area contributed by atoms with Gasteiger partial charge in [-0.3, -0.25) is 4.98 Å². The first-order chi connectivity index (χ1) is 10.9. The van der Waals surface area contributed by atoms with E-state index in [9.17, 15) is 13.2 Å². The minimum absolute atomic E-state index is 0.0164. The van der Waals surface area contributed by atoms with E-state index in [2.05, 4.69) is 41.3 Å². The molecule has 3 aromatic heterocycles.